The summed E-state index contributed by atoms with van der Waals surface area (Å²) in [6.45, 7) is 0.748. The molecule has 1 amide bonds. The molecule has 1 rings (SSSR count). The highest BCUT2D eigenvalue weighted by molar-refractivity contribution is 6.17. The van der Waals surface area contributed by atoms with E-state index in [1.807, 2.05) is 0 Å². The van der Waals surface area contributed by atoms with Crippen molar-refractivity contribution in [2.45, 2.75) is 19.3 Å². The van der Waals surface area contributed by atoms with Gasteiger partial charge in [-0.1, -0.05) is 6.42 Å². The Labute approximate surface area is 101 Å². The van der Waals surface area contributed by atoms with Crippen molar-refractivity contribution >= 4 is 17.5 Å². The quantitative estimate of drug-likeness (QED) is 0.565. The number of hydrogen-bond acceptors (Lipinski definition) is 3. The van der Waals surface area contributed by atoms with E-state index in [1.165, 1.54) is 12.4 Å². The van der Waals surface area contributed by atoms with E-state index in [0.29, 0.717) is 11.4 Å². The van der Waals surface area contributed by atoms with Crippen molar-refractivity contribution in [3.8, 4) is 0 Å². The van der Waals surface area contributed by atoms with Crippen molar-refractivity contribution in [1.82, 2.24) is 15.1 Å². The monoisotopic (exact) mass is 241 g/mol. The Morgan fingerprint density at radius 2 is 2.19 bits per heavy atom. The van der Waals surface area contributed by atoms with Crippen molar-refractivity contribution in [2.24, 2.45) is 0 Å². The van der Waals surface area contributed by atoms with Crippen LogP contribution >= 0.6 is 11.6 Å². The molecule has 0 atom stereocenters. The minimum atomic E-state index is -0.0132. The van der Waals surface area contributed by atoms with E-state index in [0.717, 1.165) is 25.8 Å². The minimum absolute atomic E-state index is 0.0132. The third kappa shape index (κ3) is 4.14. The van der Waals surface area contributed by atoms with Crippen LogP contribution in [-0.4, -0.2) is 40.5 Å². The van der Waals surface area contributed by atoms with Crippen LogP contribution in [0, 0.1) is 0 Å². The van der Waals surface area contributed by atoms with Gasteiger partial charge in [-0.3, -0.25) is 4.79 Å². The second-order valence-electron chi connectivity index (χ2n) is 3.61. The maximum absolute atomic E-state index is 11.8. The smallest absolute Gasteiger partial charge is 0.255 e. The van der Waals surface area contributed by atoms with Crippen LogP contribution in [0.2, 0.25) is 0 Å². The molecule has 1 heterocycles. The lowest BCUT2D eigenvalue weighted by Crippen LogP contribution is -2.27. The van der Waals surface area contributed by atoms with Crippen molar-refractivity contribution in [1.29, 1.82) is 0 Å². The van der Waals surface area contributed by atoms with E-state index in [-0.39, 0.29) is 5.91 Å². The number of rotatable bonds is 6. The third-order valence-corrected chi connectivity index (χ3v) is 2.57. The molecule has 0 aliphatic carbocycles. The average molecular weight is 242 g/mol. The third-order valence-electron chi connectivity index (χ3n) is 2.31. The first-order chi connectivity index (χ1) is 7.75. The van der Waals surface area contributed by atoms with Crippen LogP contribution < -0.4 is 0 Å². The van der Waals surface area contributed by atoms with E-state index in [9.17, 15) is 4.79 Å². The highest BCUT2D eigenvalue weighted by Crippen LogP contribution is 2.03. The average Bonchev–Trinajstić information content (AvgIpc) is 2.34. The Hall–Kier alpha value is -1.16. The summed E-state index contributed by atoms with van der Waals surface area (Å²) in [5.74, 6) is 0.673. The molecule has 0 saturated heterocycles. The molecule has 0 radical (unpaired) electrons. The molecule has 0 aliphatic heterocycles. The number of unbranched alkanes of at least 4 members (excludes halogenated alkanes) is 2. The predicted molar refractivity (Wildman–Crippen MR) is 63.6 cm³/mol. The minimum Gasteiger partial charge on any atom is -0.342 e. The van der Waals surface area contributed by atoms with Crippen LogP contribution in [0.5, 0.6) is 0 Å². The van der Waals surface area contributed by atoms with Gasteiger partial charge in [-0.2, -0.15) is 10.2 Å². The van der Waals surface area contributed by atoms with Crippen LogP contribution in [0.15, 0.2) is 18.5 Å². The fraction of sp³-hybridized carbons (Fsp3) is 0.545. The molecule has 0 unspecified atom stereocenters. The molecule has 0 spiro atoms. The normalized spacial score (nSPS) is 10.1. The molecule has 16 heavy (non-hydrogen) atoms. The molecule has 5 heteroatoms. The summed E-state index contributed by atoms with van der Waals surface area (Å²) in [6, 6.07) is 1.67. The predicted octanol–water partition coefficient (Wildman–Crippen LogP) is 1.96. The molecule has 1 aromatic rings. The molecule has 0 saturated carbocycles. The summed E-state index contributed by atoms with van der Waals surface area (Å²) < 4.78 is 0. The summed E-state index contributed by atoms with van der Waals surface area (Å²) >= 11 is 5.58. The number of hydrogen-bond donors (Lipinski definition) is 0. The van der Waals surface area contributed by atoms with E-state index in [2.05, 4.69) is 10.2 Å². The zero-order chi connectivity index (χ0) is 11.8. The standard InChI is InChI=1S/C11H16ClN3O/c1-15(8-4-2-3-6-12)11(16)10-5-7-13-14-9-10/h5,7,9H,2-4,6,8H2,1H3. The van der Waals surface area contributed by atoms with E-state index in [4.69, 9.17) is 11.6 Å². The van der Waals surface area contributed by atoms with E-state index >= 15 is 0 Å². The summed E-state index contributed by atoms with van der Waals surface area (Å²) in [5.41, 5.74) is 0.579. The number of aromatic nitrogens is 2. The molecule has 1 aromatic heterocycles. The fourth-order valence-electron chi connectivity index (χ4n) is 1.36. The Bertz CT molecular complexity index is 318. The molecular weight excluding hydrogens is 226 g/mol. The molecule has 0 bridgehead atoms. The van der Waals surface area contributed by atoms with Crippen molar-refractivity contribution in [3.05, 3.63) is 24.0 Å². The summed E-state index contributed by atoms with van der Waals surface area (Å²) in [5, 5.41) is 7.32. The second kappa shape index (κ2) is 7.17. The van der Waals surface area contributed by atoms with E-state index < -0.39 is 0 Å². The van der Waals surface area contributed by atoms with Gasteiger partial charge >= 0.3 is 0 Å². The van der Waals surface area contributed by atoms with Gasteiger partial charge in [-0.15, -0.1) is 11.6 Å². The second-order valence-corrected chi connectivity index (χ2v) is 3.99. The van der Waals surface area contributed by atoms with Gasteiger partial charge in [-0.25, -0.2) is 0 Å². The summed E-state index contributed by atoms with van der Waals surface area (Å²) in [6.07, 6.45) is 6.04. The van der Waals surface area contributed by atoms with Crippen LogP contribution in [0.4, 0.5) is 0 Å². The Morgan fingerprint density at radius 3 is 2.81 bits per heavy atom. The number of halogens is 1. The van der Waals surface area contributed by atoms with E-state index in [1.54, 1.807) is 18.0 Å². The Kier molecular flexibility index (Phi) is 5.78. The highest BCUT2D eigenvalue weighted by atomic mass is 35.5. The molecule has 0 N–H and O–H groups in total. The van der Waals surface area contributed by atoms with Crippen LogP contribution in [0.1, 0.15) is 29.6 Å². The molecule has 4 nitrogen and oxygen atoms in total. The molecule has 0 aliphatic rings. The summed E-state index contributed by atoms with van der Waals surface area (Å²) in [4.78, 5) is 13.5. The molecular formula is C11H16ClN3O. The van der Waals surface area contributed by atoms with Gasteiger partial charge in [0.1, 0.15) is 0 Å². The van der Waals surface area contributed by atoms with Gasteiger partial charge in [0.15, 0.2) is 0 Å². The highest BCUT2D eigenvalue weighted by Gasteiger charge is 2.10. The number of nitrogens with zero attached hydrogens (tertiary/aromatic N) is 3. The zero-order valence-electron chi connectivity index (χ0n) is 9.40. The Morgan fingerprint density at radius 1 is 1.38 bits per heavy atom. The first-order valence-electron chi connectivity index (χ1n) is 5.34. The maximum atomic E-state index is 11.8. The molecule has 0 aromatic carbocycles. The zero-order valence-corrected chi connectivity index (χ0v) is 10.2. The topological polar surface area (TPSA) is 46.1 Å². The van der Waals surface area contributed by atoms with Gasteiger partial charge < -0.3 is 4.90 Å². The van der Waals surface area contributed by atoms with Crippen molar-refractivity contribution in [3.63, 3.8) is 0 Å². The number of amides is 1. The lowest BCUT2D eigenvalue weighted by molar-refractivity contribution is 0.0792. The lowest BCUT2D eigenvalue weighted by Gasteiger charge is -2.16. The lowest BCUT2D eigenvalue weighted by atomic mass is 10.2. The maximum Gasteiger partial charge on any atom is 0.255 e. The molecule has 88 valence electrons. The van der Waals surface area contributed by atoms with Crippen LogP contribution in [0.25, 0.3) is 0 Å². The van der Waals surface area contributed by atoms with Gasteiger partial charge in [0, 0.05) is 19.5 Å². The Balaban J connectivity index is 2.37. The van der Waals surface area contributed by atoms with Gasteiger partial charge in [0.25, 0.3) is 5.91 Å². The van der Waals surface area contributed by atoms with Crippen molar-refractivity contribution in [2.75, 3.05) is 19.5 Å². The first-order valence-corrected chi connectivity index (χ1v) is 5.87. The van der Waals surface area contributed by atoms with Crippen LogP contribution in [0.3, 0.4) is 0 Å². The first kappa shape index (κ1) is 12.9. The fourth-order valence-corrected chi connectivity index (χ4v) is 1.55. The SMILES string of the molecule is CN(CCCCCCl)C(=O)c1ccnnc1. The van der Waals surface area contributed by atoms with Gasteiger partial charge in [-0.05, 0) is 18.9 Å². The number of carbonyl (C=O) groups excluding carboxylic acids is 1. The van der Waals surface area contributed by atoms with Crippen molar-refractivity contribution < 1.29 is 4.79 Å². The van der Waals surface area contributed by atoms with Gasteiger partial charge in [0.05, 0.1) is 18.0 Å². The summed E-state index contributed by atoms with van der Waals surface area (Å²) in [7, 11) is 1.80. The number of alkyl halides is 1. The number of carbonyl (C=O) groups is 1. The van der Waals surface area contributed by atoms with Crippen LogP contribution in [-0.2, 0) is 0 Å². The largest absolute Gasteiger partial charge is 0.342 e. The van der Waals surface area contributed by atoms with Gasteiger partial charge in [0.2, 0.25) is 0 Å². The molecule has 0 fully saturated rings.